The molecule has 0 aliphatic carbocycles. The van der Waals surface area contributed by atoms with Crippen LogP contribution >= 0.6 is 11.3 Å². The second kappa shape index (κ2) is 7.50. The first-order valence-electron chi connectivity index (χ1n) is 8.44. The van der Waals surface area contributed by atoms with E-state index in [2.05, 4.69) is 15.9 Å². The first-order valence-corrected chi connectivity index (χ1v) is 9.25. The zero-order valence-electron chi connectivity index (χ0n) is 14.9. The lowest BCUT2D eigenvalue weighted by Crippen LogP contribution is -2.22. The molecule has 0 bridgehead atoms. The molecule has 29 heavy (non-hydrogen) atoms. The van der Waals surface area contributed by atoms with E-state index in [0.29, 0.717) is 33.0 Å². The number of benzene rings is 1. The quantitative estimate of drug-likeness (QED) is 0.294. The summed E-state index contributed by atoms with van der Waals surface area (Å²) in [6.07, 6.45) is 10.3. The molecule has 1 aromatic carbocycles. The number of hydrogen-bond acceptors (Lipinski definition) is 6. The van der Waals surface area contributed by atoms with Crippen molar-refractivity contribution in [1.82, 2.24) is 14.5 Å². The van der Waals surface area contributed by atoms with Crippen LogP contribution in [0.5, 0.6) is 0 Å². The van der Waals surface area contributed by atoms with Gasteiger partial charge in [0.2, 0.25) is 0 Å². The maximum absolute atomic E-state index is 13.1. The van der Waals surface area contributed by atoms with Gasteiger partial charge in [-0.25, -0.2) is 9.97 Å². The molecule has 7 nitrogen and oxygen atoms in total. The van der Waals surface area contributed by atoms with Gasteiger partial charge in [0.25, 0.3) is 5.56 Å². The summed E-state index contributed by atoms with van der Waals surface area (Å²) in [4.78, 5) is 32.9. The number of hydrogen-bond donors (Lipinski definition) is 0. The largest absolute Gasteiger partial charge is 0.324 e. The van der Waals surface area contributed by atoms with Crippen LogP contribution in [0.2, 0.25) is 0 Å². The molecule has 0 atom stereocenters. The van der Waals surface area contributed by atoms with Gasteiger partial charge in [-0.3, -0.25) is 19.5 Å². The number of nitro groups is 1. The highest BCUT2D eigenvalue weighted by Crippen LogP contribution is 2.25. The van der Waals surface area contributed by atoms with Crippen LogP contribution in [0.25, 0.3) is 28.9 Å². The van der Waals surface area contributed by atoms with Crippen LogP contribution in [-0.2, 0) is 0 Å². The van der Waals surface area contributed by atoms with Crippen molar-refractivity contribution in [2.75, 3.05) is 0 Å². The third-order valence-corrected chi connectivity index (χ3v) is 5.15. The van der Waals surface area contributed by atoms with Crippen molar-refractivity contribution in [3.8, 4) is 18.0 Å². The highest BCUT2D eigenvalue weighted by atomic mass is 32.1. The van der Waals surface area contributed by atoms with Gasteiger partial charge in [-0.2, -0.15) is 0 Å². The predicted molar refractivity (Wildman–Crippen MR) is 113 cm³/mol. The molecule has 0 unspecified atom stereocenters. The minimum Gasteiger partial charge on any atom is -0.268 e. The zero-order valence-corrected chi connectivity index (χ0v) is 15.7. The Morgan fingerprint density at radius 1 is 1.14 bits per heavy atom. The molecule has 0 spiro atoms. The third kappa shape index (κ3) is 3.54. The normalized spacial score (nSPS) is 11.0. The van der Waals surface area contributed by atoms with Crippen LogP contribution in [0.1, 0.15) is 16.3 Å². The minimum atomic E-state index is -0.441. The van der Waals surface area contributed by atoms with Gasteiger partial charge in [-0.1, -0.05) is 17.3 Å². The summed E-state index contributed by atoms with van der Waals surface area (Å²) in [5.74, 6) is 2.89. The topological polar surface area (TPSA) is 90.9 Å². The van der Waals surface area contributed by atoms with E-state index in [0.717, 1.165) is 11.3 Å². The van der Waals surface area contributed by atoms with Crippen LogP contribution in [0.3, 0.4) is 0 Å². The van der Waals surface area contributed by atoms with Crippen LogP contribution < -0.4 is 5.56 Å². The van der Waals surface area contributed by atoms with Gasteiger partial charge >= 0.3 is 5.00 Å². The second-order valence-corrected chi connectivity index (χ2v) is 7.04. The molecule has 0 aliphatic heterocycles. The molecule has 0 amide bonds. The van der Waals surface area contributed by atoms with E-state index in [4.69, 9.17) is 6.42 Å². The Labute approximate surface area is 168 Å². The minimum absolute atomic E-state index is 0.0417. The smallest absolute Gasteiger partial charge is 0.268 e. The Morgan fingerprint density at radius 2 is 1.93 bits per heavy atom. The van der Waals surface area contributed by atoms with Gasteiger partial charge in [0, 0.05) is 22.7 Å². The number of rotatable bonds is 4. The summed E-state index contributed by atoms with van der Waals surface area (Å²) in [6.45, 7) is 0. The summed E-state index contributed by atoms with van der Waals surface area (Å²) in [5.41, 5.74) is 1.35. The molecule has 3 heterocycles. The number of thiophene rings is 1. The van der Waals surface area contributed by atoms with E-state index in [9.17, 15) is 14.9 Å². The fraction of sp³-hybridized carbons (Fsp3) is 0. The van der Waals surface area contributed by atoms with Crippen molar-refractivity contribution in [3.05, 3.63) is 91.5 Å². The van der Waals surface area contributed by atoms with Crippen molar-refractivity contribution in [2.24, 2.45) is 0 Å². The molecule has 0 radical (unpaired) electrons. The lowest BCUT2D eigenvalue weighted by atomic mass is 10.2. The molecule has 3 aromatic heterocycles. The summed E-state index contributed by atoms with van der Waals surface area (Å²) >= 11 is 1.04. The molecule has 8 heteroatoms. The highest BCUT2D eigenvalue weighted by molar-refractivity contribution is 7.16. The Morgan fingerprint density at radius 3 is 2.62 bits per heavy atom. The summed E-state index contributed by atoms with van der Waals surface area (Å²) in [5, 5.41) is 11.3. The Hall–Kier alpha value is -4.09. The highest BCUT2D eigenvalue weighted by Gasteiger charge is 2.12. The number of aromatic nitrogens is 3. The van der Waals surface area contributed by atoms with Gasteiger partial charge in [-0.15, -0.1) is 6.42 Å². The molecule has 4 rings (SSSR count). The maximum atomic E-state index is 13.1. The van der Waals surface area contributed by atoms with Crippen LogP contribution in [-0.4, -0.2) is 19.5 Å². The molecule has 0 fully saturated rings. The Bertz CT molecular complexity index is 1360. The van der Waals surface area contributed by atoms with Crippen molar-refractivity contribution in [1.29, 1.82) is 0 Å². The number of nitrogens with zero attached hydrogens (tertiary/aromatic N) is 4. The number of fused-ring (bicyclic) bond motifs is 1. The fourth-order valence-electron chi connectivity index (χ4n) is 2.79. The number of terminal acetylenes is 1. The molecule has 0 saturated carbocycles. The Balaban J connectivity index is 1.88. The first kappa shape index (κ1) is 18.3. The van der Waals surface area contributed by atoms with Gasteiger partial charge in [0.1, 0.15) is 5.82 Å². The third-order valence-electron chi connectivity index (χ3n) is 4.15. The molecule has 0 aliphatic rings. The van der Waals surface area contributed by atoms with Crippen molar-refractivity contribution in [2.45, 2.75) is 0 Å². The van der Waals surface area contributed by atoms with Crippen molar-refractivity contribution in [3.63, 3.8) is 0 Å². The molecule has 140 valence electrons. The van der Waals surface area contributed by atoms with E-state index in [1.807, 2.05) is 0 Å². The number of pyridine rings is 1. The molecule has 4 aromatic rings. The molecular formula is C21H12N4O3S. The molecule has 0 saturated heterocycles. The maximum Gasteiger partial charge on any atom is 0.324 e. The van der Waals surface area contributed by atoms with Crippen LogP contribution in [0.15, 0.2) is 59.5 Å². The standard InChI is InChI=1S/C21H12N4O3S/c1-2-14-5-7-15(8-6-14)24-18(11-9-16-10-12-19(29-16)25(27)28)23-20-17(21(24)26)4-3-13-22-20/h1,3-13H. The van der Waals surface area contributed by atoms with Gasteiger partial charge in [0.15, 0.2) is 5.65 Å². The predicted octanol–water partition coefficient (Wildman–Crippen LogP) is 3.90. The van der Waals surface area contributed by atoms with Crippen molar-refractivity contribution >= 4 is 39.5 Å². The Kier molecular flexibility index (Phi) is 4.73. The lowest BCUT2D eigenvalue weighted by Gasteiger charge is -2.11. The van der Waals surface area contributed by atoms with Gasteiger partial charge < -0.3 is 0 Å². The molecule has 0 N–H and O–H groups in total. The van der Waals surface area contributed by atoms with Crippen LogP contribution in [0.4, 0.5) is 5.00 Å². The average Bonchev–Trinajstić information content (AvgIpc) is 3.22. The van der Waals surface area contributed by atoms with E-state index in [1.54, 1.807) is 60.8 Å². The second-order valence-electron chi connectivity index (χ2n) is 5.94. The van der Waals surface area contributed by atoms with E-state index < -0.39 is 4.92 Å². The van der Waals surface area contributed by atoms with Crippen molar-refractivity contribution < 1.29 is 4.92 Å². The fourth-order valence-corrected chi connectivity index (χ4v) is 3.51. The average molecular weight is 400 g/mol. The summed E-state index contributed by atoms with van der Waals surface area (Å²) in [7, 11) is 0. The summed E-state index contributed by atoms with van der Waals surface area (Å²) < 4.78 is 1.46. The van der Waals surface area contributed by atoms with Gasteiger partial charge in [-0.05, 0) is 54.6 Å². The van der Waals surface area contributed by atoms with E-state index in [-0.39, 0.29) is 10.6 Å². The van der Waals surface area contributed by atoms with E-state index in [1.165, 1.54) is 10.6 Å². The van der Waals surface area contributed by atoms with Crippen LogP contribution in [0, 0.1) is 22.5 Å². The lowest BCUT2D eigenvalue weighted by molar-refractivity contribution is -0.380. The zero-order chi connectivity index (χ0) is 20.4. The molecular weight excluding hydrogens is 388 g/mol. The SMILES string of the molecule is C#Cc1ccc(-n2c(C=Cc3ccc([N+](=O)[O-])s3)nc3ncccc3c2=O)cc1. The van der Waals surface area contributed by atoms with Gasteiger partial charge in [0.05, 0.1) is 16.0 Å². The monoisotopic (exact) mass is 400 g/mol. The van der Waals surface area contributed by atoms with E-state index >= 15 is 0 Å². The first-order chi connectivity index (χ1) is 14.1. The summed E-state index contributed by atoms with van der Waals surface area (Å²) in [6, 6.07) is 13.4.